The Kier molecular flexibility index (Phi) is 6.20. The van der Waals surface area contributed by atoms with E-state index >= 15 is 0 Å². The van der Waals surface area contributed by atoms with E-state index in [2.05, 4.69) is 9.98 Å². The topological polar surface area (TPSA) is 73.6 Å². The second-order valence-corrected chi connectivity index (χ2v) is 8.75. The van der Waals surface area contributed by atoms with Gasteiger partial charge in [-0.05, 0) is 55.5 Å². The van der Waals surface area contributed by atoms with Gasteiger partial charge in [-0.1, -0.05) is 29.5 Å². The molecule has 6 nitrogen and oxygen atoms in total. The molecule has 1 aliphatic rings. The van der Waals surface area contributed by atoms with Gasteiger partial charge in [0.15, 0.2) is 4.80 Å². The molecule has 8 heteroatoms. The number of pyridine rings is 1. The molecular weight excluding hydrogens is 430 g/mol. The summed E-state index contributed by atoms with van der Waals surface area (Å²) in [7, 11) is 0. The van der Waals surface area contributed by atoms with Crippen molar-refractivity contribution in [2.75, 3.05) is 12.9 Å². The van der Waals surface area contributed by atoms with Crippen molar-refractivity contribution in [2.45, 2.75) is 24.8 Å². The Morgan fingerprint density at radius 2 is 2.06 bits per heavy atom. The number of thiazole rings is 1. The van der Waals surface area contributed by atoms with Crippen molar-refractivity contribution >= 4 is 35.1 Å². The van der Waals surface area contributed by atoms with E-state index in [1.54, 1.807) is 48.6 Å². The minimum Gasteiger partial charge on any atom is -0.463 e. The van der Waals surface area contributed by atoms with Crippen LogP contribution in [0.15, 0.2) is 74.7 Å². The zero-order valence-electron chi connectivity index (χ0n) is 17.4. The molecule has 4 rings (SSSR count). The van der Waals surface area contributed by atoms with Gasteiger partial charge in [-0.25, -0.2) is 9.79 Å². The number of benzene rings is 1. The lowest BCUT2D eigenvalue weighted by atomic mass is 9.96. The summed E-state index contributed by atoms with van der Waals surface area (Å²) in [6, 6.07) is 11.0. The smallest absolute Gasteiger partial charge is 0.338 e. The average molecular weight is 452 g/mol. The monoisotopic (exact) mass is 451 g/mol. The van der Waals surface area contributed by atoms with Gasteiger partial charge in [-0.15, -0.1) is 11.8 Å². The molecule has 0 spiro atoms. The number of hydrogen-bond donors (Lipinski definition) is 0. The minimum absolute atomic E-state index is 0.194. The average Bonchev–Trinajstić information content (AvgIpc) is 3.08. The number of fused-ring (bicyclic) bond motifs is 1. The molecule has 3 aromatic rings. The van der Waals surface area contributed by atoms with Crippen LogP contribution in [0.25, 0.3) is 6.08 Å². The number of ether oxygens (including phenoxy) is 1. The molecule has 0 saturated carbocycles. The fraction of sp³-hybridized carbons (Fsp3) is 0.217. The lowest BCUT2D eigenvalue weighted by molar-refractivity contribution is -0.139. The molecular formula is C23H21N3O3S2. The Morgan fingerprint density at radius 1 is 1.29 bits per heavy atom. The normalized spacial score (nSPS) is 16.1. The molecule has 158 valence electrons. The van der Waals surface area contributed by atoms with Gasteiger partial charge in [0.1, 0.15) is 0 Å². The van der Waals surface area contributed by atoms with Gasteiger partial charge in [0.2, 0.25) is 0 Å². The van der Waals surface area contributed by atoms with Crippen LogP contribution >= 0.6 is 23.1 Å². The summed E-state index contributed by atoms with van der Waals surface area (Å²) in [4.78, 5) is 36.7. The predicted molar refractivity (Wildman–Crippen MR) is 123 cm³/mol. The van der Waals surface area contributed by atoms with Crippen molar-refractivity contribution in [3.05, 3.63) is 90.9 Å². The molecule has 1 aliphatic heterocycles. The molecule has 0 N–H and O–H groups in total. The first-order chi connectivity index (χ1) is 15.0. The van der Waals surface area contributed by atoms with Crippen LogP contribution in [-0.4, -0.2) is 28.4 Å². The molecule has 1 atom stereocenters. The molecule has 0 fully saturated rings. The van der Waals surface area contributed by atoms with Gasteiger partial charge >= 0.3 is 5.97 Å². The van der Waals surface area contributed by atoms with Crippen LogP contribution in [0.4, 0.5) is 0 Å². The number of nitrogens with zero attached hydrogens (tertiary/aromatic N) is 3. The third-order valence-electron chi connectivity index (χ3n) is 4.93. The largest absolute Gasteiger partial charge is 0.463 e. The number of thioether (sulfide) groups is 1. The first-order valence-electron chi connectivity index (χ1n) is 9.77. The number of esters is 1. The second-order valence-electron chi connectivity index (χ2n) is 6.86. The highest BCUT2D eigenvalue weighted by molar-refractivity contribution is 7.98. The Bertz CT molecular complexity index is 1320. The summed E-state index contributed by atoms with van der Waals surface area (Å²) in [6.45, 7) is 3.80. The van der Waals surface area contributed by atoms with Gasteiger partial charge in [-0.2, -0.15) is 0 Å². The van der Waals surface area contributed by atoms with E-state index in [1.807, 2.05) is 42.7 Å². The summed E-state index contributed by atoms with van der Waals surface area (Å²) in [6.07, 6.45) is 7.19. The third-order valence-corrected chi connectivity index (χ3v) is 6.66. The Labute approximate surface area is 187 Å². The maximum Gasteiger partial charge on any atom is 0.338 e. The number of aromatic nitrogens is 2. The minimum atomic E-state index is -0.595. The van der Waals surface area contributed by atoms with E-state index in [0.717, 1.165) is 16.0 Å². The Hall–Kier alpha value is -2.97. The standard InChI is InChI=1S/C23H21N3O3S2/c1-4-29-22(28)19-14(2)25-23-26(20(19)16-7-9-17(30-3)10-8-16)21(27)18(31-23)12-15-6-5-11-24-13-15/h5-13,20H,4H2,1-3H3/b18-12-/t20-/m0/s1. The van der Waals surface area contributed by atoms with Crippen molar-refractivity contribution in [1.82, 2.24) is 9.55 Å². The molecule has 0 radical (unpaired) electrons. The summed E-state index contributed by atoms with van der Waals surface area (Å²) in [5.41, 5.74) is 2.42. The van der Waals surface area contributed by atoms with Crippen LogP contribution in [0.2, 0.25) is 0 Å². The molecule has 3 heterocycles. The lowest BCUT2D eigenvalue weighted by Gasteiger charge is -2.24. The third kappa shape index (κ3) is 4.13. The van der Waals surface area contributed by atoms with Crippen LogP contribution in [-0.2, 0) is 9.53 Å². The Balaban J connectivity index is 1.95. The van der Waals surface area contributed by atoms with Crippen molar-refractivity contribution < 1.29 is 9.53 Å². The quantitative estimate of drug-likeness (QED) is 0.441. The fourth-order valence-electron chi connectivity index (χ4n) is 3.51. The molecule has 31 heavy (non-hydrogen) atoms. The van der Waals surface area contributed by atoms with Gasteiger partial charge in [0, 0.05) is 17.3 Å². The van der Waals surface area contributed by atoms with Crippen LogP contribution in [0.3, 0.4) is 0 Å². The van der Waals surface area contributed by atoms with Crippen molar-refractivity contribution in [3.63, 3.8) is 0 Å². The SMILES string of the molecule is CCOC(=O)C1=C(C)N=c2s/c(=C\c3cccnc3)c(=O)n2[C@H]1c1ccc(SC)cc1. The van der Waals surface area contributed by atoms with Gasteiger partial charge in [0.05, 0.1) is 28.5 Å². The van der Waals surface area contributed by atoms with E-state index < -0.39 is 12.0 Å². The van der Waals surface area contributed by atoms with Crippen molar-refractivity contribution in [2.24, 2.45) is 4.99 Å². The van der Waals surface area contributed by atoms with Crippen LogP contribution in [0, 0.1) is 0 Å². The highest BCUT2D eigenvalue weighted by atomic mass is 32.2. The number of hydrogen-bond acceptors (Lipinski definition) is 7. The second kappa shape index (κ2) is 9.03. The van der Waals surface area contributed by atoms with E-state index in [0.29, 0.717) is 20.6 Å². The number of carbonyl (C=O) groups excluding carboxylic acids is 1. The van der Waals surface area contributed by atoms with E-state index in [9.17, 15) is 9.59 Å². The summed E-state index contributed by atoms with van der Waals surface area (Å²) in [5, 5.41) is 0. The molecule has 0 aliphatic carbocycles. The van der Waals surface area contributed by atoms with E-state index in [-0.39, 0.29) is 12.2 Å². The predicted octanol–water partition coefficient (Wildman–Crippen LogP) is 2.92. The number of rotatable bonds is 5. The van der Waals surface area contributed by atoms with Crippen LogP contribution < -0.4 is 14.9 Å². The molecule has 2 aromatic heterocycles. The maximum atomic E-state index is 13.4. The highest BCUT2D eigenvalue weighted by Gasteiger charge is 2.33. The van der Waals surface area contributed by atoms with Gasteiger partial charge in [0.25, 0.3) is 5.56 Å². The van der Waals surface area contributed by atoms with Crippen molar-refractivity contribution in [1.29, 1.82) is 0 Å². The Morgan fingerprint density at radius 3 is 2.71 bits per heavy atom. The summed E-state index contributed by atoms with van der Waals surface area (Å²) in [5.74, 6) is -0.454. The van der Waals surface area contributed by atoms with Gasteiger partial charge < -0.3 is 4.74 Å². The summed E-state index contributed by atoms with van der Waals surface area (Å²) >= 11 is 2.94. The van der Waals surface area contributed by atoms with Crippen LogP contribution in [0.1, 0.15) is 31.0 Å². The summed E-state index contributed by atoms with van der Waals surface area (Å²) < 4.78 is 7.45. The van der Waals surface area contributed by atoms with E-state index in [1.165, 1.54) is 11.3 Å². The molecule has 0 unspecified atom stereocenters. The van der Waals surface area contributed by atoms with Gasteiger partial charge in [-0.3, -0.25) is 14.3 Å². The molecule has 0 amide bonds. The van der Waals surface area contributed by atoms with E-state index in [4.69, 9.17) is 4.74 Å². The fourth-order valence-corrected chi connectivity index (χ4v) is 4.96. The first kappa shape index (κ1) is 21.3. The highest BCUT2D eigenvalue weighted by Crippen LogP contribution is 2.31. The van der Waals surface area contributed by atoms with Crippen LogP contribution in [0.5, 0.6) is 0 Å². The zero-order chi connectivity index (χ0) is 22.0. The maximum absolute atomic E-state index is 13.4. The van der Waals surface area contributed by atoms with Crippen molar-refractivity contribution in [3.8, 4) is 0 Å². The molecule has 1 aromatic carbocycles. The molecule has 0 bridgehead atoms. The molecule has 0 saturated heterocycles. The zero-order valence-corrected chi connectivity index (χ0v) is 19.0. The first-order valence-corrected chi connectivity index (χ1v) is 11.8. The number of allylic oxidation sites excluding steroid dienone is 1. The number of carbonyl (C=O) groups is 1. The lowest BCUT2D eigenvalue weighted by Crippen LogP contribution is -2.39.